The van der Waals surface area contributed by atoms with Gasteiger partial charge in [-0.25, -0.2) is 9.59 Å². The topological polar surface area (TPSA) is 71.1 Å². The third-order valence-corrected chi connectivity index (χ3v) is 6.58. The van der Waals surface area contributed by atoms with Crippen molar-refractivity contribution in [1.29, 1.82) is 0 Å². The molecule has 0 amide bonds. The third-order valence-electron chi connectivity index (χ3n) is 6.58. The number of carbonyl (C=O) groups excluding carboxylic acids is 2. The summed E-state index contributed by atoms with van der Waals surface area (Å²) in [6.45, 7) is 8.74. The monoisotopic (exact) mass is 570 g/mol. The van der Waals surface area contributed by atoms with Gasteiger partial charge in [0.1, 0.15) is 11.5 Å². The van der Waals surface area contributed by atoms with E-state index < -0.39 is 11.9 Å². The molecular formula is C36H42O6. The summed E-state index contributed by atoms with van der Waals surface area (Å²) >= 11 is 0. The first-order valence-corrected chi connectivity index (χ1v) is 14.8. The summed E-state index contributed by atoms with van der Waals surface area (Å²) in [5.74, 6) is 0.579. The van der Waals surface area contributed by atoms with Crippen molar-refractivity contribution in [1.82, 2.24) is 0 Å². The Hall–Kier alpha value is -4.32. The minimum absolute atomic E-state index is 0.153. The average Bonchev–Trinajstić information content (AvgIpc) is 3.01. The summed E-state index contributed by atoms with van der Waals surface area (Å²) in [6, 6.07) is 20.2. The van der Waals surface area contributed by atoms with Crippen LogP contribution in [0.4, 0.5) is 0 Å². The lowest BCUT2D eigenvalue weighted by molar-refractivity contribution is 0.0682. The first-order valence-electron chi connectivity index (χ1n) is 14.8. The van der Waals surface area contributed by atoms with E-state index in [0.29, 0.717) is 35.8 Å². The quantitative estimate of drug-likeness (QED) is 0.0584. The van der Waals surface area contributed by atoms with Gasteiger partial charge in [-0.05, 0) is 99.2 Å². The van der Waals surface area contributed by atoms with E-state index in [1.165, 1.54) is 0 Å². The first-order chi connectivity index (χ1) is 20.6. The Kier molecular flexibility index (Phi) is 14.5. The Balaban J connectivity index is 1.46. The van der Waals surface area contributed by atoms with Crippen LogP contribution in [0.25, 0.3) is 0 Å². The molecule has 3 aromatic carbocycles. The molecule has 0 aliphatic carbocycles. The summed E-state index contributed by atoms with van der Waals surface area (Å²) in [5, 5.41) is 0. The highest BCUT2D eigenvalue weighted by molar-refractivity contribution is 5.93. The second kappa shape index (κ2) is 18.9. The van der Waals surface area contributed by atoms with E-state index in [9.17, 15) is 9.59 Å². The number of carbonyl (C=O) groups is 2. The molecule has 0 fully saturated rings. The maximum absolute atomic E-state index is 12.8. The van der Waals surface area contributed by atoms with Crippen molar-refractivity contribution in [3.05, 3.63) is 109 Å². The molecule has 0 saturated heterocycles. The fraction of sp³-hybridized carbons (Fsp3) is 0.333. The van der Waals surface area contributed by atoms with Gasteiger partial charge in [-0.3, -0.25) is 0 Å². The van der Waals surface area contributed by atoms with E-state index in [2.05, 4.69) is 13.2 Å². The molecule has 6 nitrogen and oxygen atoms in total. The van der Waals surface area contributed by atoms with Crippen molar-refractivity contribution in [2.75, 3.05) is 13.2 Å². The van der Waals surface area contributed by atoms with Crippen molar-refractivity contribution in [3.8, 4) is 23.0 Å². The largest absolute Gasteiger partial charge is 0.494 e. The summed E-state index contributed by atoms with van der Waals surface area (Å²) in [4.78, 5) is 25.6. The fourth-order valence-electron chi connectivity index (χ4n) is 4.18. The number of hydrogen-bond donors (Lipinski definition) is 0. The molecule has 222 valence electrons. The molecular weight excluding hydrogens is 528 g/mol. The standard InChI is InChI=1S/C36H42O6/c1-3-5-7-9-11-15-27-39-31-23-19-29(20-24-31)35(37)41-33-17-13-14-18-34(33)42-36(38)30-21-25-32(26-22-30)40-28-16-12-10-8-6-4-2/h3-4,13-14,17-26H,1-2,5-12,15-16,27-28H2. The van der Waals surface area contributed by atoms with E-state index in [-0.39, 0.29) is 11.5 Å². The van der Waals surface area contributed by atoms with Crippen LogP contribution in [0, 0.1) is 0 Å². The van der Waals surface area contributed by atoms with Crippen molar-refractivity contribution in [3.63, 3.8) is 0 Å². The Morgan fingerprint density at radius 1 is 0.524 bits per heavy atom. The van der Waals surface area contributed by atoms with Crippen LogP contribution in [0.15, 0.2) is 98.1 Å². The van der Waals surface area contributed by atoms with E-state index in [4.69, 9.17) is 18.9 Å². The van der Waals surface area contributed by atoms with Gasteiger partial charge in [0.15, 0.2) is 11.5 Å². The van der Waals surface area contributed by atoms with Gasteiger partial charge in [0.05, 0.1) is 24.3 Å². The number of hydrogen-bond acceptors (Lipinski definition) is 6. The Morgan fingerprint density at radius 3 is 1.29 bits per heavy atom. The normalized spacial score (nSPS) is 10.5. The number of rotatable bonds is 20. The molecule has 0 aromatic heterocycles. The van der Waals surface area contributed by atoms with E-state index >= 15 is 0 Å². The van der Waals surface area contributed by atoms with Gasteiger partial charge in [-0.15, -0.1) is 13.2 Å². The van der Waals surface area contributed by atoms with Crippen LogP contribution in [0.3, 0.4) is 0 Å². The predicted molar refractivity (Wildman–Crippen MR) is 167 cm³/mol. The van der Waals surface area contributed by atoms with E-state index in [0.717, 1.165) is 64.2 Å². The van der Waals surface area contributed by atoms with Crippen LogP contribution in [-0.2, 0) is 0 Å². The Bertz CT molecular complexity index is 1150. The Labute approximate surface area is 250 Å². The molecule has 0 aliphatic rings. The highest BCUT2D eigenvalue weighted by Crippen LogP contribution is 2.29. The number of allylic oxidation sites excluding steroid dienone is 2. The molecule has 0 spiro atoms. The van der Waals surface area contributed by atoms with Gasteiger partial charge in [0.2, 0.25) is 0 Å². The number of para-hydroxylation sites is 2. The van der Waals surface area contributed by atoms with Crippen molar-refractivity contribution < 1.29 is 28.5 Å². The van der Waals surface area contributed by atoms with Crippen molar-refractivity contribution in [2.45, 2.75) is 64.2 Å². The summed E-state index contributed by atoms with van der Waals surface area (Å²) in [5.41, 5.74) is 0.723. The summed E-state index contributed by atoms with van der Waals surface area (Å²) < 4.78 is 22.7. The molecule has 0 bridgehead atoms. The van der Waals surface area contributed by atoms with Crippen LogP contribution in [0.2, 0.25) is 0 Å². The average molecular weight is 571 g/mol. The van der Waals surface area contributed by atoms with Gasteiger partial charge in [-0.1, -0.05) is 50.0 Å². The maximum atomic E-state index is 12.8. The molecule has 0 saturated carbocycles. The van der Waals surface area contributed by atoms with Crippen LogP contribution in [-0.4, -0.2) is 25.2 Å². The molecule has 0 N–H and O–H groups in total. The molecule has 6 heteroatoms. The van der Waals surface area contributed by atoms with Gasteiger partial charge in [0, 0.05) is 0 Å². The van der Waals surface area contributed by atoms with Crippen LogP contribution in [0.1, 0.15) is 84.9 Å². The second-order valence-electron chi connectivity index (χ2n) is 9.95. The Morgan fingerprint density at radius 2 is 0.905 bits per heavy atom. The molecule has 0 atom stereocenters. The van der Waals surface area contributed by atoms with Gasteiger partial charge < -0.3 is 18.9 Å². The fourth-order valence-corrected chi connectivity index (χ4v) is 4.18. The smallest absolute Gasteiger partial charge is 0.343 e. The second-order valence-corrected chi connectivity index (χ2v) is 9.95. The van der Waals surface area contributed by atoms with Crippen molar-refractivity contribution >= 4 is 11.9 Å². The molecule has 0 unspecified atom stereocenters. The lowest BCUT2D eigenvalue weighted by Gasteiger charge is -2.11. The third kappa shape index (κ3) is 11.7. The highest BCUT2D eigenvalue weighted by atomic mass is 16.6. The number of benzene rings is 3. The first kappa shape index (κ1) is 32.2. The van der Waals surface area contributed by atoms with E-state index in [1.807, 2.05) is 12.2 Å². The number of esters is 2. The van der Waals surface area contributed by atoms with Gasteiger partial charge >= 0.3 is 11.9 Å². The molecule has 0 radical (unpaired) electrons. The van der Waals surface area contributed by atoms with E-state index in [1.54, 1.807) is 72.8 Å². The van der Waals surface area contributed by atoms with Crippen molar-refractivity contribution in [2.24, 2.45) is 0 Å². The number of ether oxygens (including phenoxy) is 4. The molecule has 42 heavy (non-hydrogen) atoms. The minimum Gasteiger partial charge on any atom is -0.494 e. The van der Waals surface area contributed by atoms with Crippen LogP contribution in [0.5, 0.6) is 23.0 Å². The van der Waals surface area contributed by atoms with Crippen LogP contribution < -0.4 is 18.9 Å². The summed E-state index contributed by atoms with van der Waals surface area (Å²) in [6.07, 6.45) is 14.8. The minimum atomic E-state index is -0.561. The predicted octanol–water partition coefficient (Wildman–Crippen LogP) is 9.16. The zero-order chi connectivity index (χ0) is 29.8. The maximum Gasteiger partial charge on any atom is 0.343 e. The zero-order valence-corrected chi connectivity index (χ0v) is 24.4. The SMILES string of the molecule is C=CCCCCCCOc1ccc(C(=O)Oc2ccccc2OC(=O)c2ccc(OCCCCCCC=C)cc2)cc1. The van der Waals surface area contributed by atoms with Gasteiger partial charge in [0.25, 0.3) is 0 Å². The molecule has 0 heterocycles. The molecule has 0 aliphatic heterocycles. The summed E-state index contributed by atoms with van der Waals surface area (Å²) in [7, 11) is 0. The number of unbranched alkanes of at least 4 members (excludes halogenated alkanes) is 8. The molecule has 3 rings (SSSR count). The van der Waals surface area contributed by atoms with Gasteiger partial charge in [-0.2, -0.15) is 0 Å². The van der Waals surface area contributed by atoms with Crippen LogP contribution >= 0.6 is 0 Å². The lowest BCUT2D eigenvalue weighted by Crippen LogP contribution is -2.12. The molecule has 3 aromatic rings. The lowest BCUT2D eigenvalue weighted by atomic mass is 10.1. The zero-order valence-electron chi connectivity index (χ0n) is 24.4. The highest BCUT2D eigenvalue weighted by Gasteiger charge is 2.16.